The molecule has 0 atom stereocenters. The Labute approximate surface area is 166 Å². The number of halogens is 1. The molecule has 0 aliphatic carbocycles. The number of hydrogen-bond donors (Lipinski definition) is 1. The lowest BCUT2D eigenvalue weighted by Gasteiger charge is -2.09. The fourth-order valence-corrected chi connectivity index (χ4v) is 2.99. The van der Waals surface area contributed by atoms with Gasteiger partial charge in [0.15, 0.2) is 5.69 Å². The first kappa shape index (κ1) is 17.9. The zero-order valence-corrected chi connectivity index (χ0v) is 15.8. The predicted octanol–water partition coefficient (Wildman–Crippen LogP) is 3.73. The van der Waals surface area contributed by atoms with Crippen molar-refractivity contribution in [3.8, 4) is 5.69 Å². The molecule has 0 fully saturated rings. The fourth-order valence-electron chi connectivity index (χ4n) is 2.79. The second kappa shape index (κ2) is 7.66. The number of carbonyl (C=O) groups is 1. The molecule has 0 radical (unpaired) electrons. The maximum absolute atomic E-state index is 12.8. The number of hydrogen-bond acceptors (Lipinski definition) is 4. The fraction of sp³-hybridized carbons (Fsp3) is 0.100. The van der Waals surface area contributed by atoms with Crippen molar-refractivity contribution >= 4 is 23.3 Å². The number of rotatable bonds is 5. The first-order chi connectivity index (χ1) is 13.6. The van der Waals surface area contributed by atoms with Crippen LogP contribution < -0.4 is 5.32 Å². The Hall–Kier alpha value is -3.45. The lowest BCUT2D eigenvalue weighted by molar-refractivity contribution is 0.102. The highest BCUT2D eigenvalue weighted by Crippen LogP contribution is 2.18. The van der Waals surface area contributed by atoms with Crippen LogP contribution in [0.15, 0.2) is 66.9 Å². The molecule has 2 heterocycles. The van der Waals surface area contributed by atoms with Crippen LogP contribution in [-0.2, 0) is 6.54 Å². The number of carbonyl (C=O) groups excluding carboxylic acids is 1. The van der Waals surface area contributed by atoms with E-state index in [9.17, 15) is 4.79 Å². The maximum Gasteiger partial charge on any atom is 0.279 e. The standard InChI is InChI=1S/C20H17ClN6O/c1-14-19(25-27(24-14)16-8-3-2-4-9-16)20(28)23-18-11-12-22-26(18)13-15-7-5-6-10-17(15)21/h2-12H,13H2,1H3,(H,23,28). The average molecular weight is 393 g/mol. The summed E-state index contributed by atoms with van der Waals surface area (Å²) in [4.78, 5) is 14.2. The van der Waals surface area contributed by atoms with Crippen molar-refractivity contribution in [2.45, 2.75) is 13.5 Å². The second-order valence-corrected chi connectivity index (χ2v) is 6.59. The summed E-state index contributed by atoms with van der Waals surface area (Å²) in [6.07, 6.45) is 1.63. The second-order valence-electron chi connectivity index (χ2n) is 6.18. The summed E-state index contributed by atoms with van der Waals surface area (Å²) in [5.74, 6) is 0.208. The number of nitrogens with zero attached hydrogens (tertiary/aromatic N) is 5. The smallest absolute Gasteiger partial charge is 0.279 e. The van der Waals surface area contributed by atoms with Gasteiger partial charge in [-0.15, -0.1) is 5.10 Å². The first-order valence-electron chi connectivity index (χ1n) is 8.68. The number of aromatic nitrogens is 5. The summed E-state index contributed by atoms with van der Waals surface area (Å²) in [5.41, 5.74) is 2.50. The van der Waals surface area contributed by atoms with Gasteiger partial charge in [0.05, 0.1) is 24.1 Å². The Bertz CT molecular complexity index is 1120. The van der Waals surface area contributed by atoms with Crippen LogP contribution in [0.1, 0.15) is 21.7 Å². The van der Waals surface area contributed by atoms with Crippen LogP contribution in [0, 0.1) is 6.92 Å². The molecule has 0 unspecified atom stereocenters. The van der Waals surface area contributed by atoms with E-state index in [2.05, 4.69) is 20.6 Å². The number of benzene rings is 2. The molecule has 28 heavy (non-hydrogen) atoms. The predicted molar refractivity (Wildman–Crippen MR) is 107 cm³/mol. The van der Waals surface area contributed by atoms with Crippen LogP contribution in [0.25, 0.3) is 5.69 Å². The first-order valence-corrected chi connectivity index (χ1v) is 9.05. The van der Waals surface area contributed by atoms with Crippen molar-refractivity contribution in [3.63, 3.8) is 0 Å². The summed E-state index contributed by atoms with van der Waals surface area (Å²) >= 11 is 6.23. The van der Waals surface area contributed by atoms with E-state index < -0.39 is 0 Å². The van der Waals surface area contributed by atoms with Crippen molar-refractivity contribution in [1.82, 2.24) is 24.8 Å². The minimum absolute atomic E-state index is 0.259. The Morgan fingerprint density at radius 2 is 1.79 bits per heavy atom. The van der Waals surface area contributed by atoms with E-state index in [0.717, 1.165) is 11.3 Å². The van der Waals surface area contributed by atoms with Crippen molar-refractivity contribution in [2.24, 2.45) is 0 Å². The van der Waals surface area contributed by atoms with Crippen LogP contribution in [-0.4, -0.2) is 30.7 Å². The van der Waals surface area contributed by atoms with E-state index >= 15 is 0 Å². The largest absolute Gasteiger partial charge is 0.305 e. The molecule has 0 aliphatic heterocycles. The van der Waals surface area contributed by atoms with Gasteiger partial charge < -0.3 is 5.32 Å². The van der Waals surface area contributed by atoms with Gasteiger partial charge in [-0.05, 0) is 30.7 Å². The summed E-state index contributed by atoms with van der Waals surface area (Å²) in [6.45, 7) is 2.19. The number of amides is 1. The summed E-state index contributed by atoms with van der Waals surface area (Å²) in [5, 5.41) is 16.5. The van der Waals surface area contributed by atoms with Gasteiger partial charge in [0, 0.05) is 11.1 Å². The quantitative estimate of drug-likeness (QED) is 0.561. The molecule has 8 heteroatoms. The summed E-state index contributed by atoms with van der Waals surface area (Å²) < 4.78 is 1.68. The zero-order valence-electron chi connectivity index (χ0n) is 15.1. The third-order valence-corrected chi connectivity index (χ3v) is 4.59. The van der Waals surface area contributed by atoms with Crippen molar-refractivity contribution < 1.29 is 4.79 Å². The van der Waals surface area contributed by atoms with E-state index in [4.69, 9.17) is 11.6 Å². The van der Waals surface area contributed by atoms with Gasteiger partial charge in [-0.1, -0.05) is 48.0 Å². The highest BCUT2D eigenvalue weighted by atomic mass is 35.5. The Kier molecular flexibility index (Phi) is 4.90. The highest BCUT2D eigenvalue weighted by Gasteiger charge is 2.18. The van der Waals surface area contributed by atoms with Crippen molar-refractivity contribution in [2.75, 3.05) is 5.32 Å². The van der Waals surface area contributed by atoms with E-state index in [1.54, 1.807) is 23.9 Å². The minimum atomic E-state index is -0.347. The van der Waals surface area contributed by atoms with Crippen LogP contribution in [0.2, 0.25) is 5.02 Å². The molecule has 1 N–H and O–H groups in total. The maximum atomic E-state index is 12.8. The molecule has 7 nitrogen and oxygen atoms in total. The summed E-state index contributed by atoms with van der Waals surface area (Å²) in [6, 6.07) is 18.7. The molecule has 0 saturated heterocycles. The third kappa shape index (κ3) is 3.65. The van der Waals surface area contributed by atoms with Gasteiger partial charge in [-0.3, -0.25) is 4.79 Å². The average Bonchev–Trinajstić information content (AvgIpc) is 3.31. The van der Waals surface area contributed by atoms with Gasteiger partial charge in [0.25, 0.3) is 5.91 Å². The molecular weight excluding hydrogens is 376 g/mol. The Balaban J connectivity index is 1.55. The topological polar surface area (TPSA) is 77.6 Å². The van der Waals surface area contributed by atoms with Crippen molar-refractivity contribution in [3.05, 3.63) is 88.8 Å². The lowest BCUT2D eigenvalue weighted by Crippen LogP contribution is -2.18. The zero-order chi connectivity index (χ0) is 19.5. The normalized spacial score (nSPS) is 10.8. The molecule has 1 amide bonds. The van der Waals surface area contributed by atoms with Gasteiger partial charge in [-0.25, -0.2) is 4.68 Å². The minimum Gasteiger partial charge on any atom is -0.305 e. The Morgan fingerprint density at radius 1 is 1.04 bits per heavy atom. The molecule has 140 valence electrons. The lowest BCUT2D eigenvalue weighted by atomic mass is 10.2. The van der Waals surface area contributed by atoms with Gasteiger partial charge in [0.2, 0.25) is 0 Å². The molecule has 0 saturated carbocycles. The van der Waals surface area contributed by atoms with E-state index in [0.29, 0.717) is 23.1 Å². The van der Waals surface area contributed by atoms with Crippen LogP contribution >= 0.6 is 11.6 Å². The third-order valence-electron chi connectivity index (χ3n) is 4.22. The number of para-hydroxylation sites is 1. The van der Waals surface area contributed by atoms with Crippen LogP contribution in [0.5, 0.6) is 0 Å². The van der Waals surface area contributed by atoms with Gasteiger partial charge >= 0.3 is 0 Å². The highest BCUT2D eigenvalue weighted by molar-refractivity contribution is 6.31. The van der Waals surface area contributed by atoms with E-state index in [1.807, 2.05) is 54.6 Å². The number of anilines is 1. The molecule has 0 bridgehead atoms. The molecule has 4 rings (SSSR count). The van der Waals surface area contributed by atoms with Crippen LogP contribution in [0.3, 0.4) is 0 Å². The monoisotopic (exact) mass is 392 g/mol. The Morgan fingerprint density at radius 3 is 2.57 bits per heavy atom. The molecule has 4 aromatic rings. The number of aryl methyl sites for hydroxylation is 1. The molecule has 0 spiro atoms. The van der Waals surface area contributed by atoms with E-state index in [-0.39, 0.29) is 11.6 Å². The molecule has 0 aliphatic rings. The van der Waals surface area contributed by atoms with Gasteiger partial charge in [0.1, 0.15) is 5.82 Å². The number of nitrogens with one attached hydrogen (secondary N) is 1. The molecule has 2 aromatic heterocycles. The van der Waals surface area contributed by atoms with E-state index in [1.165, 1.54) is 4.80 Å². The molecular formula is C20H17ClN6O. The summed E-state index contributed by atoms with van der Waals surface area (Å²) in [7, 11) is 0. The SMILES string of the molecule is Cc1nn(-c2ccccc2)nc1C(=O)Nc1ccnn1Cc1ccccc1Cl. The van der Waals surface area contributed by atoms with Gasteiger partial charge in [-0.2, -0.15) is 15.0 Å². The molecule has 2 aromatic carbocycles. The van der Waals surface area contributed by atoms with Crippen molar-refractivity contribution in [1.29, 1.82) is 0 Å². The van der Waals surface area contributed by atoms with Crippen LogP contribution in [0.4, 0.5) is 5.82 Å².